The van der Waals surface area contributed by atoms with Gasteiger partial charge < -0.3 is 5.11 Å². The highest BCUT2D eigenvalue weighted by Crippen LogP contribution is 2.12. The van der Waals surface area contributed by atoms with Gasteiger partial charge in [0.2, 0.25) is 0 Å². The number of halogens is 1. The Balaban J connectivity index is 0.00000128. The zero-order valence-corrected chi connectivity index (χ0v) is 9.52. The van der Waals surface area contributed by atoms with Crippen molar-refractivity contribution >= 4 is 24.6 Å². The van der Waals surface area contributed by atoms with E-state index in [1.165, 1.54) is 5.56 Å². The van der Waals surface area contributed by atoms with Gasteiger partial charge in [-0.2, -0.15) is 0 Å². The number of hydrogen-bond acceptors (Lipinski definition) is 1. The Bertz CT molecular complexity index is 446. The highest BCUT2D eigenvalue weighted by Gasteiger charge is 1.88. The van der Waals surface area contributed by atoms with Crippen molar-refractivity contribution in [2.45, 2.75) is 0 Å². The average Bonchev–Trinajstić information content (AvgIpc) is 2.30. The lowest BCUT2D eigenvalue weighted by Crippen LogP contribution is -1.71. The molecule has 0 radical (unpaired) electrons. The highest BCUT2D eigenvalue weighted by molar-refractivity contribution is 5.85. The van der Waals surface area contributed by atoms with Crippen LogP contribution in [-0.2, 0) is 0 Å². The first-order valence-electron chi connectivity index (χ1n) is 4.87. The van der Waals surface area contributed by atoms with Crippen LogP contribution >= 0.6 is 12.4 Å². The van der Waals surface area contributed by atoms with Crippen molar-refractivity contribution < 1.29 is 5.11 Å². The summed E-state index contributed by atoms with van der Waals surface area (Å²) in [5.74, 6) is 0.298. The predicted octanol–water partition coefficient (Wildman–Crippen LogP) is 3.98. The summed E-state index contributed by atoms with van der Waals surface area (Å²) in [6, 6.07) is 17.3. The standard InChI is InChI=1S/C14H12O.ClH/c15-14-10-8-13(9-11-14)7-6-12-4-2-1-3-5-12;/h1-11,15H;1H. The van der Waals surface area contributed by atoms with Gasteiger partial charge in [-0.05, 0) is 23.3 Å². The van der Waals surface area contributed by atoms with Crippen molar-refractivity contribution in [2.24, 2.45) is 0 Å². The van der Waals surface area contributed by atoms with Crippen molar-refractivity contribution in [3.05, 3.63) is 65.7 Å². The zero-order chi connectivity index (χ0) is 10.5. The van der Waals surface area contributed by atoms with Crippen LogP contribution in [0.1, 0.15) is 11.1 Å². The van der Waals surface area contributed by atoms with E-state index >= 15 is 0 Å². The van der Waals surface area contributed by atoms with Gasteiger partial charge in [0.1, 0.15) is 5.75 Å². The predicted molar refractivity (Wildman–Crippen MR) is 70.7 cm³/mol. The van der Waals surface area contributed by atoms with E-state index in [9.17, 15) is 0 Å². The van der Waals surface area contributed by atoms with Crippen LogP contribution in [0, 0.1) is 0 Å². The molecular weight excluding hydrogens is 220 g/mol. The fourth-order valence-corrected chi connectivity index (χ4v) is 1.34. The quantitative estimate of drug-likeness (QED) is 0.777. The fourth-order valence-electron chi connectivity index (χ4n) is 1.34. The number of hydrogen-bond donors (Lipinski definition) is 1. The zero-order valence-electron chi connectivity index (χ0n) is 8.71. The lowest BCUT2D eigenvalue weighted by molar-refractivity contribution is 0.475. The Morgan fingerprint density at radius 2 is 1.19 bits per heavy atom. The highest BCUT2D eigenvalue weighted by atomic mass is 35.5. The molecule has 0 saturated heterocycles. The van der Waals surface area contributed by atoms with Gasteiger partial charge in [-0.3, -0.25) is 0 Å². The second-order valence-corrected chi connectivity index (χ2v) is 3.34. The third kappa shape index (κ3) is 3.44. The molecule has 0 aromatic heterocycles. The van der Waals surface area contributed by atoms with Gasteiger partial charge in [0.25, 0.3) is 0 Å². The van der Waals surface area contributed by atoms with Crippen LogP contribution in [-0.4, -0.2) is 5.11 Å². The molecule has 82 valence electrons. The molecule has 0 aliphatic rings. The largest absolute Gasteiger partial charge is 0.508 e. The smallest absolute Gasteiger partial charge is 0.115 e. The fraction of sp³-hybridized carbons (Fsp3) is 0. The Hall–Kier alpha value is -1.73. The van der Waals surface area contributed by atoms with E-state index in [2.05, 4.69) is 12.1 Å². The van der Waals surface area contributed by atoms with E-state index in [-0.39, 0.29) is 12.4 Å². The van der Waals surface area contributed by atoms with E-state index in [1.54, 1.807) is 12.1 Å². The Labute approximate surface area is 101 Å². The second-order valence-electron chi connectivity index (χ2n) is 3.34. The third-order valence-electron chi connectivity index (χ3n) is 2.16. The lowest BCUT2D eigenvalue weighted by atomic mass is 10.1. The van der Waals surface area contributed by atoms with Gasteiger partial charge in [0, 0.05) is 0 Å². The summed E-state index contributed by atoms with van der Waals surface area (Å²) < 4.78 is 0. The molecule has 0 unspecified atom stereocenters. The average molecular weight is 233 g/mol. The van der Waals surface area contributed by atoms with Gasteiger partial charge in [-0.15, -0.1) is 12.4 Å². The van der Waals surface area contributed by atoms with Gasteiger partial charge in [0.05, 0.1) is 0 Å². The molecule has 0 amide bonds. The molecule has 0 saturated carbocycles. The molecule has 0 spiro atoms. The number of phenolic OH excluding ortho intramolecular Hbond substituents is 1. The Morgan fingerprint density at radius 3 is 1.75 bits per heavy atom. The van der Waals surface area contributed by atoms with Gasteiger partial charge in [-0.25, -0.2) is 0 Å². The van der Waals surface area contributed by atoms with E-state index in [4.69, 9.17) is 5.11 Å². The molecule has 2 aromatic carbocycles. The van der Waals surface area contributed by atoms with Crippen LogP contribution in [0.15, 0.2) is 54.6 Å². The SMILES string of the molecule is Cl.Oc1ccc(C=Cc2ccccc2)cc1. The van der Waals surface area contributed by atoms with E-state index in [1.807, 2.05) is 42.5 Å². The molecule has 1 N–H and O–H groups in total. The molecule has 0 atom stereocenters. The molecule has 16 heavy (non-hydrogen) atoms. The first kappa shape index (κ1) is 12.3. The summed E-state index contributed by atoms with van der Waals surface area (Å²) in [6.45, 7) is 0. The maximum atomic E-state index is 9.12. The minimum atomic E-state index is 0. The summed E-state index contributed by atoms with van der Waals surface area (Å²) >= 11 is 0. The van der Waals surface area contributed by atoms with Crippen LogP contribution in [0.25, 0.3) is 12.2 Å². The maximum Gasteiger partial charge on any atom is 0.115 e. The van der Waals surface area contributed by atoms with Crippen molar-refractivity contribution in [3.8, 4) is 5.75 Å². The summed E-state index contributed by atoms with van der Waals surface area (Å²) in [7, 11) is 0. The molecule has 1 nitrogen and oxygen atoms in total. The van der Waals surface area contributed by atoms with Crippen molar-refractivity contribution in [1.29, 1.82) is 0 Å². The third-order valence-corrected chi connectivity index (χ3v) is 2.16. The summed E-state index contributed by atoms with van der Waals surface area (Å²) in [5.41, 5.74) is 2.25. The van der Waals surface area contributed by atoms with E-state index < -0.39 is 0 Å². The monoisotopic (exact) mass is 232 g/mol. The van der Waals surface area contributed by atoms with Crippen molar-refractivity contribution in [2.75, 3.05) is 0 Å². The van der Waals surface area contributed by atoms with E-state index in [0.717, 1.165) is 5.56 Å². The number of aromatic hydroxyl groups is 1. The van der Waals surface area contributed by atoms with Crippen molar-refractivity contribution in [1.82, 2.24) is 0 Å². The molecule has 2 rings (SSSR count). The summed E-state index contributed by atoms with van der Waals surface area (Å²) in [4.78, 5) is 0. The Morgan fingerprint density at radius 1 is 0.688 bits per heavy atom. The minimum absolute atomic E-state index is 0. The van der Waals surface area contributed by atoms with Crippen LogP contribution in [0.4, 0.5) is 0 Å². The molecule has 0 bridgehead atoms. The normalized spacial score (nSPS) is 10.0. The number of rotatable bonds is 2. The van der Waals surface area contributed by atoms with Crippen LogP contribution in [0.3, 0.4) is 0 Å². The molecule has 0 aliphatic heterocycles. The summed E-state index contributed by atoms with van der Waals surface area (Å²) in [6.07, 6.45) is 4.07. The minimum Gasteiger partial charge on any atom is -0.508 e. The van der Waals surface area contributed by atoms with Gasteiger partial charge >= 0.3 is 0 Å². The van der Waals surface area contributed by atoms with Crippen LogP contribution < -0.4 is 0 Å². The lowest BCUT2D eigenvalue weighted by Gasteiger charge is -1.94. The number of phenols is 1. The molecule has 2 aromatic rings. The first-order valence-corrected chi connectivity index (χ1v) is 4.87. The molecule has 2 heteroatoms. The van der Waals surface area contributed by atoms with Crippen molar-refractivity contribution in [3.63, 3.8) is 0 Å². The van der Waals surface area contributed by atoms with Gasteiger partial charge in [-0.1, -0.05) is 54.6 Å². The van der Waals surface area contributed by atoms with Crippen LogP contribution in [0.2, 0.25) is 0 Å². The summed E-state index contributed by atoms with van der Waals surface area (Å²) in [5, 5.41) is 9.12. The van der Waals surface area contributed by atoms with Crippen LogP contribution in [0.5, 0.6) is 5.75 Å². The molecule has 0 fully saturated rings. The molecule has 0 aliphatic carbocycles. The molecule has 0 heterocycles. The first-order chi connectivity index (χ1) is 7.34. The topological polar surface area (TPSA) is 20.2 Å². The maximum absolute atomic E-state index is 9.12. The number of benzene rings is 2. The van der Waals surface area contributed by atoms with Gasteiger partial charge in [0.15, 0.2) is 0 Å². The Kier molecular flexibility index (Phi) is 4.62. The van der Waals surface area contributed by atoms with E-state index in [0.29, 0.717) is 5.75 Å². The second kappa shape index (κ2) is 5.99. The molecular formula is C14H13ClO.